The van der Waals surface area contributed by atoms with Gasteiger partial charge in [-0.15, -0.1) is 0 Å². The Morgan fingerprint density at radius 3 is 2.30 bits per heavy atom. The summed E-state index contributed by atoms with van der Waals surface area (Å²) in [5, 5.41) is 3.07. The maximum atomic E-state index is 12.5. The van der Waals surface area contributed by atoms with Crippen LogP contribution in [0, 0.1) is 5.41 Å². The Labute approximate surface area is 129 Å². The lowest BCUT2D eigenvalue weighted by molar-refractivity contribution is -0.131. The Hall–Kier alpha value is -0.870. The monoisotopic (exact) mass is 338 g/mol. The van der Waals surface area contributed by atoms with Crippen molar-refractivity contribution in [2.75, 3.05) is 6.54 Å². The van der Waals surface area contributed by atoms with Gasteiger partial charge in [0.05, 0.1) is 5.41 Å². The number of amides is 1. The molecule has 4 heteroatoms. The van der Waals surface area contributed by atoms with Gasteiger partial charge < -0.3 is 11.1 Å². The van der Waals surface area contributed by atoms with Crippen molar-refractivity contribution in [2.45, 2.75) is 45.1 Å². The van der Waals surface area contributed by atoms with E-state index in [2.05, 4.69) is 21.2 Å². The molecule has 0 bridgehead atoms. The average Bonchev–Trinajstić information content (AvgIpc) is 2.73. The van der Waals surface area contributed by atoms with Crippen molar-refractivity contribution in [3.8, 4) is 0 Å². The fourth-order valence-electron chi connectivity index (χ4n) is 2.90. The molecule has 1 aliphatic carbocycles. The molecule has 1 aromatic carbocycles. The molecule has 0 heterocycles. The first-order valence-corrected chi connectivity index (χ1v) is 8.18. The Morgan fingerprint density at radius 1 is 1.15 bits per heavy atom. The SMILES string of the molecule is NCC1(C(=O)NCc2ccc(Br)cc2)CCCCCC1. The fraction of sp³-hybridized carbons (Fsp3) is 0.562. The van der Waals surface area contributed by atoms with Crippen LogP contribution in [-0.4, -0.2) is 12.5 Å². The summed E-state index contributed by atoms with van der Waals surface area (Å²) >= 11 is 3.41. The molecule has 1 saturated carbocycles. The van der Waals surface area contributed by atoms with E-state index in [1.165, 1.54) is 12.8 Å². The van der Waals surface area contributed by atoms with Gasteiger partial charge in [0.25, 0.3) is 0 Å². The summed E-state index contributed by atoms with van der Waals surface area (Å²) < 4.78 is 1.05. The Morgan fingerprint density at radius 2 is 1.75 bits per heavy atom. The minimum Gasteiger partial charge on any atom is -0.352 e. The first-order chi connectivity index (χ1) is 9.66. The number of benzene rings is 1. The molecule has 1 aromatic rings. The van der Waals surface area contributed by atoms with Crippen LogP contribution in [0.2, 0.25) is 0 Å². The molecular weight excluding hydrogens is 316 g/mol. The molecule has 1 amide bonds. The number of carbonyl (C=O) groups excluding carboxylic acids is 1. The molecule has 0 unspecified atom stereocenters. The number of rotatable bonds is 4. The van der Waals surface area contributed by atoms with E-state index in [0.29, 0.717) is 13.1 Å². The lowest BCUT2D eigenvalue weighted by atomic mass is 9.79. The Balaban J connectivity index is 1.96. The molecule has 3 nitrogen and oxygen atoms in total. The third kappa shape index (κ3) is 3.83. The quantitative estimate of drug-likeness (QED) is 0.827. The molecular formula is C16H23BrN2O. The van der Waals surface area contributed by atoms with E-state index < -0.39 is 0 Å². The molecule has 0 radical (unpaired) electrons. The van der Waals surface area contributed by atoms with Gasteiger partial charge in [-0.05, 0) is 30.5 Å². The highest BCUT2D eigenvalue weighted by atomic mass is 79.9. The van der Waals surface area contributed by atoms with Crippen molar-refractivity contribution < 1.29 is 4.79 Å². The van der Waals surface area contributed by atoms with Crippen LogP contribution < -0.4 is 11.1 Å². The number of carbonyl (C=O) groups is 1. The lowest BCUT2D eigenvalue weighted by Gasteiger charge is -2.29. The van der Waals surface area contributed by atoms with Crippen LogP contribution in [0.5, 0.6) is 0 Å². The third-order valence-corrected chi connectivity index (χ3v) is 4.83. The van der Waals surface area contributed by atoms with Crippen LogP contribution in [0.4, 0.5) is 0 Å². The van der Waals surface area contributed by atoms with Gasteiger partial charge in [-0.25, -0.2) is 0 Å². The highest BCUT2D eigenvalue weighted by Gasteiger charge is 2.36. The minimum atomic E-state index is -0.341. The van der Waals surface area contributed by atoms with Crippen LogP contribution in [0.15, 0.2) is 28.7 Å². The van der Waals surface area contributed by atoms with Gasteiger partial charge in [0, 0.05) is 17.6 Å². The van der Waals surface area contributed by atoms with Gasteiger partial charge in [0.2, 0.25) is 5.91 Å². The molecule has 0 saturated heterocycles. The van der Waals surface area contributed by atoms with Crippen molar-refractivity contribution in [2.24, 2.45) is 11.1 Å². The van der Waals surface area contributed by atoms with Crippen LogP contribution >= 0.6 is 15.9 Å². The molecule has 2 rings (SSSR count). The molecule has 1 aliphatic rings. The van der Waals surface area contributed by atoms with Crippen LogP contribution in [-0.2, 0) is 11.3 Å². The van der Waals surface area contributed by atoms with Crippen LogP contribution in [0.1, 0.15) is 44.1 Å². The predicted molar refractivity (Wildman–Crippen MR) is 85.2 cm³/mol. The van der Waals surface area contributed by atoms with Crippen LogP contribution in [0.25, 0.3) is 0 Å². The van der Waals surface area contributed by atoms with Crippen molar-refractivity contribution in [1.82, 2.24) is 5.32 Å². The van der Waals surface area contributed by atoms with E-state index >= 15 is 0 Å². The normalized spacial score (nSPS) is 18.3. The Kier molecular flexibility index (Phi) is 5.61. The van der Waals surface area contributed by atoms with E-state index in [0.717, 1.165) is 35.7 Å². The van der Waals surface area contributed by atoms with E-state index in [9.17, 15) is 4.79 Å². The highest BCUT2D eigenvalue weighted by molar-refractivity contribution is 9.10. The molecule has 1 fully saturated rings. The maximum Gasteiger partial charge on any atom is 0.227 e. The second kappa shape index (κ2) is 7.23. The zero-order valence-corrected chi connectivity index (χ0v) is 13.4. The molecule has 3 N–H and O–H groups in total. The molecule has 0 aromatic heterocycles. The predicted octanol–water partition coefficient (Wildman–Crippen LogP) is 3.36. The summed E-state index contributed by atoms with van der Waals surface area (Å²) in [4.78, 5) is 12.5. The molecule has 0 aliphatic heterocycles. The number of halogens is 1. The fourth-order valence-corrected chi connectivity index (χ4v) is 3.17. The van der Waals surface area contributed by atoms with Gasteiger partial charge in [-0.1, -0.05) is 53.7 Å². The summed E-state index contributed by atoms with van der Waals surface area (Å²) in [5.41, 5.74) is 6.70. The van der Waals surface area contributed by atoms with Gasteiger partial charge in [0.15, 0.2) is 0 Å². The maximum absolute atomic E-state index is 12.5. The van der Waals surface area contributed by atoms with Crippen molar-refractivity contribution >= 4 is 21.8 Å². The zero-order chi connectivity index (χ0) is 14.4. The van der Waals surface area contributed by atoms with Crippen molar-refractivity contribution in [3.63, 3.8) is 0 Å². The van der Waals surface area contributed by atoms with Crippen LogP contribution in [0.3, 0.4) is 0 Å². The van der Waals surface area contributed by atoms with E-state index in [1.54, 1.807) is 0 Å². The van der Waals surface area contributed by atoms with E-state index in [-0.39, 0.29) is 11.3 Å². The number of nitrogens with one attached hydrogen (secondary N) is 1. The van der Waals surface area contributed by atoms with Gasteiger partial charge in [0.1, 0.15) is 0 Å². The number of nitrogens with two attached hydrogens (primary N) is 1. The largest absolute Gasteiger partial charge is 0.352 e. The summed E-state index contributed by atoms with van der Waals surface area (Å²) in [6.07, 6.45) is 6.53. The van der Waals surface area contributed by atoms with E-state index in [1.807, 2.05) is 24.3 Å². The molecule has 20 heavy (non-hydrogen) atoms. The van der Waals surface area contributed by atoms with Gasteiger partial charge in [-0.3, -0.25) is 4.79 Å². The van der Waals surface area contributed by atoms with Gasteiger partial charge >= 0.3 is 0 Å². The second-order valence-corrected chi connectivity index (χ2v) is 6.62. The average molecular weight is 339 g/mol. The third-order valence-electron chi connectivity index (χ3n) is 4.30. The lowest BCUT2D eigenvalue weighted by Crippen LogP contribution is -2.45. The number of hydrogen-bond acceptors (Lipinski definition) is 2. The molecule has 0 atom stereocenters. The minimum absolute atomic E-state index is 0.129. The second-order valence-electron chi connectivity index (χ2n) is 5.71. The van der Waals surface area contributed by atoms with Crippen molar-refractivity contribution in [3.05, 3.63) is 34.3 Å². The smallest absolute Gasteiger partial charge is 0.227 e. The highest BCUT2D eigenvalue weighted by Crippen LogP contribution is 2.34. The topological polar surface area (TPSA) is 55.1 Å². The van der Waals surface area contributed by atoms with Gasteiger partial charge in [-0.2, -0.15) is 0 Å². The zero-order valence-electron chi connectivity index (χ0n) is 11.8. The standard InChI is InChI=1S/C16H23BrN2O/c17-14-7-5-13(6-8-14)11-19-15(20)16(12-18)9-3-1-2-4-10-16/h5-8H,1-4,9-12,18H2,(H,19,20). The van der Waals surface area contributed by atoms with Crippen molar-refractivity contribution in [1.29, 1.82) is 0 Å². The molecule has 0 spiro atoms. The first-order valence-electron chi connectivity index (χ1n) is 7.39. The summed E-state index contributed by atoms with van der Waals surface area (Å²) in [7, 11) is 0. The first kappa shape index (κ1) is 15.5. The summed E-state index contributed by atoms with van der Waals surface area (Å²) in [5.74, 6) is 0.129. The Bertz CT molecular complexity index is 436. The van der Waals surface area contributed by atoms with E-state index in [4.69, 9.17) is 5.73 Å². The molecule has 110 valence electrons. The summed E-state index contributed by atoms with van der Waals surface area (Å²) in [6.45, 7) is 1.03. The number of hydrogen-bond donors (Lipinski definition) is 2. The summed E-state index contributed by atoms with van der Waals surface area (Å²) in [6, 6.07) is 8.02.